The van der Waals surface area contributed by atoms with Crippen molar-refractivity contribution >= 4 is 47.4 Å². The summed E-state index contributed by atoms with van der Waals surface area (Å²) < 4.78 is 0. The van der Waals surface area contributed by atoms with Gasteiger partial charge in [-0.2, -0.15) is 0 Å². The number of nitrogens with two attached hydrogens (primary N) is 4. The second kappa shape index (κ2) is 26.6. The number of phenols is 1. The van der Waals surface area contributed by atoms with Gasteiger partial charge in [-0.1, -0.05) is 53.7 Å². The zero-order chi connectivity index (χ0) is 45.7. The van der Waals surface area contributed by atoms with Crippen LogP contribution in [0.4, 0.5) is 0 Å². The van der Waals surface area contributed by atoms with Gasteiger partial charge in [0.2, 0.25) is 35.4 Å². The van der Waals surface area contributed by atoms with Crippen molar-refractivity contribution in [1.82, 2.24) is 31.9 Å². The van der Waals surface area contributed by atoms with Gasteiger partial charge in [-0.15, -0.1) is 0 Å². The number of unbranched alkanes of at least 4 members (excludes halogenated alkanes) is 1. The first-order chi connectivity index (χ1) is 28.1. The molecule has 1 aromatic carbocycles. The van der Waals surface area contributed by atoms with Crippen molar-refractivity contribution in [3.63, 3.8) is 0 Å². The summed E-state index contributed by atoms with van der Waals surface area (Å²) in [6.45, 7) is 12.5. The SMILES string of the molecule is CC(C)C[C@H](NC(=O)[C@H](C)NC(=O)[C@H](Cc1ccc(O)cc1)NC(=O)[C@@H](NC(=O)[C@@H](N)C(C)C)C(C)C)C(=O)N[C@@H](CCCCN)C(=O)N[C@@H](CCCN=C(N)N)C(=O)O. The fourth-order valence-corrected chi connectivity index (χ4v) is 5.87. The highest BCUT2D eigenvalue weighted by molar-refractivity contribution is 5.97. The van der Waals surface area contributed by atoms with Crippen molar-refractivity contribution in [3.8, 4) is 5.75 Å². The summed E-state index contributed by atoms with van der Waals surface area (Å²) in [5.41, 5.74) is 22.9. The van der Waals surface area contributed by atoms with E-state index in [0.717, 1.165) is 0 Å². The molecule has 0 radical (unpaired) electrons. The van der Waals surface area contributed by atoms with Gasteiger partial charge in [0.25, 0.3) is 0 Å². The zero-order valence-corrected chi connectivity index (χ0v) is 36.0. The molecule has 20 heteroatoms. The predicted molar refractivity (Wildman–Crippen MR) is 227 cm³/mol. The number of phenolic OH excluding ortho intramolecular Hbond substituents is 1. The Hall–Kier alpha value is -5.50. The molecule has 0 aliphatic carbocycles. The van der Waals surface area contributed by atoms with Crippen LogP contribution in [0.1, 0.15) is 92.6 Å². The number of aliphatic imine (C=N–C) groups is 1. The monoisotopic (exact) mass is 848 g/mol. The molecule has 0 heterocycles. The van der Waals surface area contributed by atoms with Crippen molar-refractivity contribution < 1.29 is 43.8 Å². The molecule has 20 nitrogen and oxygen atoms in total. The Morgan fingerprint density at radius 2 is 1.17 bits per heavy atom. The average Bonchev–Trinajstić information content (AvgIpc) is 3.16. The number of amides is 6. The van der Waals surface area contributed by atoms with E-state index in [1.54, 1.807) is 39.8 Å². The number of carbonyl (C=O) groups excluding carboxylic acids is 6. The van der Waals surface area contributed by atoms with E-state index in [-0.39, 0.29) is 62.2 Å². The highest BCUT2D eigenvalue weighted by Gasteiger charge is 2.34. The number of carboxylic acids is 1. The van der Waals surface area contributed by atoms with Crippen molar-refractivity contribution in [2.75, 3.05) is 13.1 Å². The second-order valence-corrected chi connectivity index (χ2v) is 16.0. The van der Waals surface area contributed by atoms with E-state index >= 15 is 0 Å². The van der Waals surface area contributed by atoms with Crippen molar-refractivity contribution in [2.45, 2.75) is 136 Å². The lowest BCUT2D eigenvalue weighted by Crippen LogP contribution is -2.60. The molecule has 338 valence electrons. The maximum absolute atomic E-state index is 13.8. The molecule has 0 saturated heterocycles. The first-order valence-corrected chi connectivity index (χ1v) is 20.4. The topological polar surface area (TPSA) is 349 Å². The van der Waals surface area contributed by atoms with Gasteiger partial charge in [0.05, 0.1) is 6.04 Å². The van der Waals surface area contributed by atoms with Crippen LogP contribution in [-0.4, -0.2) is 113 Å². The molecule has 0 aromatic heterocycles. The van der Waals surface area contributed by atoms with Crippen LogP contribution in [0.15, 0.2) is 29.3 Å². The number of rotatable bonds is 27. The summed E-state index contributed by atoms with van der Waals surface area (Å²) in [6, 6.07) is -2.08. The van der Waals surface area contributed by atoms with Crippen molar-refractivity contribution in [2.24, 2.45) is 45.7 Å². The Morgan fingerprint density at radius 1 is 0.633 bits per heavy atom. The normalized spacial score (nSPS) is 14.7. The largest absolute Gasteiger partial charge is 0.508 e. The molecular formula is C40H69N11O9. The number of benzene rings is 1. The zero-order valence-electron chi connectivity index (χ0n) is 36.0. The summed E-state index contributed by atoms with van der Waals surface area (Å²) in [5.74, 6) is -6.32. The van der Waals surface area contributed by atoms with Gasteiger partial charge in [-0.25, -0.2) is 4.79 Å². The molecule has 16 N–H and O–H groups in total. The second-order valence-electron chi connectivity index (χ2n) is 16.0. The predicted octanol–water partition coefficient (Wildman–Crippen LogP) is -1.18. The molecular weight excluding hydrogens is 779 g/mol. The van der Waals surface area contributed by atoms with E-state index in [9.17, 15) is 43.8 Å². The number of guanidine groups is 1. The Balaban J connectivity index is 3.26. The molecule has 0 unspecified atom stereocenters. The third-order valence-corrected chi connectivity index (χ3v) is 9.51. The fourth-order valence-electron chi connectivity index (χ4n) is 5.87. The summed E-state index contributed by atoms with van der Waals surface area (Å²) in [4.78, 5) is 96.8. The first-order valence-electron chi connectivity index (χ1n) is 20.4. The van der Waals surface area contributed by atoms with Crippen molar-refractivity contribution in [1.29, 1.82) is 0 Å². The number of nitrogens with one attached hydrogen (secondary N) is 6. The smallest absolute Gasteiger partial charge is 0.326 e. The van der Waals surface area contributed by atoms with E-state index in [2.05, 4.69) is 36.9 Å². The summed E-state index contributed by atoms with van der Waals surface area (Å²) in [7, 11) is 0. The van der Waals surface area contributed by atoms with Crippen LogP contribution in [0.25, 0.3) is 0 Å². The van der Waals surface area contributed by atoms with Gasteiger partial charge in [0.1, 0.15) is 42.0 Å². The van der Waals surface area contributed by atoms with Crippen LogP contribution in [0, 0.1) is 17.8 Å². The highest BCUT2D eigenvalue weighted by Crippen LogP contribution is 2.14. The van der Waals surface area contributed by atoms with Crippen LogP contribution in [0.2, 0.25) is 0 Å². The molecule has 0 aliphatic rings. The Bertz CT molecular complexity index is 1600. The van der Waals surface area contributed by atoms with Gasteiger partial charge in [0, 0.05) is 13.0 Å². The first kappa shape index (κ1) is 52.5. The molecule has 0 saturated carbocycles. The van der Waals surface area contributed by atoms with Crippen LogP contribution in [0.3, 0.4) is 0 Å². The maximum atomic E-state index is 13.8. The van der Waals surface area contributed by atoms with E-state index < -0.39 is 89.6 Å². The highest BCUT2D eigenvalue weighted by atomic mass is 16.4. The average molecular weight is 848 g/mol. The third-order valence-electron chi connectivity index (χ3n) is 9.51. The molecule has 1 rings (SSSR count). The number of carbonyl (C=O) groups is 7. The van der Waals surface area contributed by atoms with Crippen LogP contribution < -0.4 is 54.8 Å². The minimum absolute atomic E-state index is 0.0122. The van der Waals surface area contributed by atoms with Crippen LogP contribution >= 0.6 is 0 Å². The number of carboxylic acid groups (broad SMARTS) is 1. The molecule has 0 aliphatic heterocycles. The van der Waals surface area contributed by atoms with E-state index in [1.165, 1.54) is 19.1 Å². The van der Waals surface area contributed by atoms with Crippen LogP contribution in [-0.2, 0) is 40.0 Å². The third kappa shape index (κ3) is 19.5. The fraction of sp³-hybridized carbons (Fsp3) is 0.650. The standard InChI is InChI=1S/C40H69N11O9/c1-21(2)19-29(36(56)47-27(11-8-9-17-41)34(54)48-28(39(59)60)12-10-18-45-40(43)44)49-33(53)24(7)46-35(55)30(20-25-13-15-26(52)16-14-25)50-38(58)32(23(5)6)51-37(57)31(42)22(3)4/h13-16,21-24,27-32,52H,8-12,17-20,41-42H2,1-7H3,(H,46,55)(H,47,56)(H,48,54)(H,49,53)(H,50,58)(H,51,57)(H,59,60)(H4,43,44,45)/t24-,27-,28-,29-,30-,31-,32-/m0/s1. The minimum atomic E-state index is -1.29. The van der Waals surface area contributed by atoms with Gasteiger partial charge in [-0.05, 0) is 87.4 Å². The molecule has 1 aromatic rings. The summed E-state index contributed by atoms with van der Waals surface area (Å²) in [5, 5.41) is 35.3. The Kier molecular flexibility index (Phi) is 23.3. The molecule has 60 heavy (non-hydrogen) atoms. The lowest BCUT2D eigenvalue weighted by atomic mass is 9.99. The minimum Gasteiger partial charge on any atom is -0.508 e. The summed E-state index contributed by atoms with van der Waals surface area (Å²) in [6.07, 6.45) is 1.44. The maximum Gasteiger partial charge on any atom is 0.326 e. The molecule has 6 amide bonds. The quantitative estimate of drug-likeness (QED) is 0.0282. The van der Waals surface area contributed by atoms with E-state index in [0.29, 0.717) is 24.9 Å². The van der Waals surface area contributed by atoms with Gasteiger partial charge < -0.3 is 65.0 Å². The molecule has 0 spiro atoms. The van der Waals surface area contributed by atoms with Gasteiger partial charge in [0.15, 0.2) is 5.96 Å². The van der Waals surface area contributed by atoms with E-state index in [1.807, 2.05) is 13.8 Å². The van der Waals surface area contributed by atoms with Crippen molar-refractivity contribution in [3.05, 3.63) is 29.8 Å². The molecule has 7 atom stereocenters. The summed E-state index contributed by atoms with van der Waals surface area (Å²) >= 11 is 0. The number of nitrogens with zero attached hydrogens (tertiary/aromatic N) is 1. The number of hydrogen-bond donors (Lipinski definition) is 12. The number of hydrogen-bond acceptors (Lipinski definition) is 11. The lowest BCUT2D eigenvalue weighted by Gasteiger charge is -2.28. The van der Waals surface area contributed by atoms with Crippen LogP contribution in [0.5, 0.6) is 5.75 Å². The Morgan fingerprint density at radius 3 is 1.70 bits per heavy atom. The molecule has 0 fully saturated rings. The Labute approximate surface area is 352 Å². The van der Waals surface area contributed by atoms with Gasteiger partial charge in [-0.3, -0.25) is 33.8 Å². The lowest BCUT2D eigenvalue weighted by molar-refractivity contribution is -0.142. The molecule has 0 bridgehead atoms. The van der Waals surface area contributed by atoms with Gasteiger partial charge >= 0.3 is 5.97 Å². The number of aromatic hydroxyl groups is 1. The number of aliphatic carboxylic acids is 1. The van der Waals surface area contributed by atoms with E-state index in [4.69, 9.17) is 22.9 Å².